The average Bonchev–Trinajstić information content (AvgIpc) is 2.94. The maximum Gasteiger partial charge on any atom is 0.400 e. The molecule has 0 N–H and O–H groups in total. The van der Waals surface area contributed by atoms with Gasteiger partial charge in [-0.1, -0.05) is 0 Å². The van der Waals surface area contributed by atoms with Crippen molar-refractivity contribution in [2.45, 2.75) is 44.1 Å². The zero-order valence-corrected chi connectivity index (χ0v) is 12.8. The molecule has 3 rings (SSSR count). The minimum atomic E-state index is -4.26. The molecule has 0 bridgehead atoms. The Morgan fingerprint density at radius 3 is 1.95 bits per heavy atom. The van der Waals surface area contributed by atoms with Gasteiger partial charge in [-0.25, -0.2) is 16.7 Å². The molecule has 3 heterocycles. The van der Waals surface area contributed by atoms with Crippen molar-refractivity contribution >= 4 is 20.8 Å². The normalized spacial score (nSPS) is 44.1. The first kappa shape index (κ1) is 15.6. The van der Waals surface area contributed by atoms with Crippen LogP contribution in [-0.4, -0.2) is 60.3 Å². The molecule has 0 aliphatic carbocycles. The molecule has 0 saturated carbocycles. The van der Waals surface area contributed by atoms with Crippen LogP contribution in [0.15, 0.2) is 0 Å². The Balaban J connectivity index is 1.81. The highest BCUT2D eigenvalue weighted by molar-refractivity contribution is 7.82. The van der Waals surface area contributed by atoms with Gasteiger partial charge in [-0.05, 0) is 13.8 Å². The molecule has 0 unspecified atom stereocenters. The highest BCUT2D eigenvalue weighted by Gasteiger charge is 2.55. The van der Waals surface area contributed by atoms with Crippen LogP contribution in [0.25, 0.3) is 0 Å². The fourth-order valence-corrected chi connectivity index (χ4v) is 4.22. The van der Waals surface area contributed by atoms with Crippen LogP contribution < -0.4 is 0 Å². The molecule has 3 saturated heterocycles. The van der Waals surface area contributed by atoms with Crippen molar-refractivity contribution in [2.75, 3.05) is 13.2 Å². The van der Waals surface area contributed by atoms with Gasteiger partial charge in [-0.3, -0.25) is 0 Å². The molecule has 0 aromatic carbocycles. The van der Waals surface area contributed by atoms with E-state index in [0.717, 1.165) is 0 Å². The van der Waals surface area contributed by atoms with E-state index in [-0.39, 0.29) is 13.2 Å². The van der Waals surface area contributed by atoms with Crippen LogP contribution in [0.1, 0.15) is 13.8 Å². The lowest BCUT2D eigenvalue weighted by atomic mass is 10.0. The quantitative estimate of drug-likeness (QED) is 0.604. The second kappa shape index (κ2) is 4.83. The SMILES string of the molecule is CC1(C)OC[C@H]([C@H]2OS(=O)(=O)O[C@@H]2[C@H]2COS(=O)(=O)O2)O1. The molecule has 0 spiro atoms. The van der Waals surface area contributed by atoms with E-state index in [1.165, 1.54) is 0 Å². The van der Waals surface area contributed by atoms with E-state index >= 15 is 0 Å². The first-order valence-corrected chi connectivity index (χ1v) is 8.74. The van der Waals surface area contributed by atoms with E-state index < -0.39 is 51.0 Å². The van der Waals surface area contributed by atoms with Gasteiger partial charge in [0.25, 0.3) is 0 Å². The summed E-state index contributed by atoms with van der Waals surface area (Å²) in [5.74, 6) is -0.899. The van der Waals surface area contributed by atoms with Gasteiger partial charge >= 0.3 is 20.8 Å². The van der Waals surface area contributed by atoms with Gasteiger partial charge in [0.1, 0.15) is 24.4 Å². The van der Waals surface area contributed by atoms with Gasteiger partial charge in [0.2, 0.25) is 0 Å². The predicted octanol–water partition coefficient (Wildman–Crippen LogP) is -1.17. The predicted molar refractivity (Wildman–Crippen MR) is 63.3 cm³/mol. The Bertz CT molecular complexity index is 623. The van der Waals surface area contributed by atoms with Crippen molar-refractivity contribution in [3.63, 3.8) is 0 Å². The Labute approximate surface area is 121 Å². The van der Waals surface area contributed by atoms with Crippen molar-refractivity contribution in [1.29, 1.82) is 0 Å². The third-order valence-corrected chi connectivity index (χ3v) is 4.99. The zero-order valence-electron chi connectivity index (χ0n) is 11.1. The van der Waals surface area contributed by atoms with Crippen LogP contribution in [0, 0.1) is 0 Å². The number of hydrogen-bond donors (Lipinski definition) is 0. The topological polar surface area (TPSA) is 124 Å². The third-order valence-electron chi connectivity index (χ3n) is 3.16. The molecule has 0 aromatic rings. The number of rotatable bonds is 2. The van der Waals surface area contributed by atoms with Gasteiger partial charge in [-0.2, -0.15) is 16.8 Å². The Kier molecular flexibility index (Phi) is 3.57. The van der Waals surface area contributed by atoms with Gasteiger partial charge in [0.15, 0.2) is 5.79 Å². The average molecular weight is 346 g/mol. The molecule has 21 heavy (non-hydrogen) atoms. The summed E-state index contributed by atoms with van der Waals surface area (Å²) in [4.78, 5) is 0. The van der Waals surface area contributed by atoms with E-state index in [4.69, 9.17) is 17.8 Å². The summed E-state index contributed by atoms with van der Waals surface area (Å²) in [5, 5.41) is 0. The van der Waals surface area contributed by atoms with Crippen molar-refractivity contribution in [2.24, 2.45) is 0 Å². The van der Waals surface area contributed by atoms with E-state index in [1.54, 1.807) is 13.8 Å². The molecule has 0 radical (unpaired) electrons. The van der Waals surface area contributed by atoms with Gasteiger partial charge in [0, 0.05) is 0 Å². The van der Waals surface area contributed by atoms with Crippen molar-refractivity contribution in [1.82, 2.24) is 0 Å². The fourth-order valence-electron chi connectivity index (χ4n) is 2.34. The monoisotopic (exact) mass is 346 g/mol. The van der Waals surface area contributed by atoms with E-state index in [0.29, 0.717) is 0 Å². The minimum absolute atomic E-state index is 0.0768. The maximum absolute atomic E-state index is 11.5. The molecule has 0 aromatic heterocycles. The van der Waals surface area contributed by atoms with Gasteiger partial charge in [-0.15, -0.1) is 0 Å². The van der Waals surface area contributed by atoms with E-state index in [9.17, 15) is 16.8 Å². The Morgan fingerprint density at radius 1 is 0.857 bits per heavy atom. The molecule has 3 fully saturated rings. The van der Waals surface area contributed by atoms with Crippen LogP contribution >= 0.6 is 0 Å². The summed E-state index contributed by atoms with van der Waals surface area (Å²) in [6, 6.07) is 0. The van der Waals surface area contributed by atoms with Crippen LogP contribution in [0.3, 0.4) is 0 Å². The van der Waals surface area contributed by atoms with Gasteiger partial charge in [0.05, 0.1) is 13.2 Å². The van der Waals surface area contributed by atoms with Crippen LogP contribution in [0.4, 0.5) is 0 Å². The molecule has 12 heteroatoms. The molecule has 4 atom stereocenters. The fraction of sp³-hybridized carbons (Fsp3) is 1.00. The summed E-state index contributed by atoms with van der Waals surface area (Å²) in [6.07, 6.45) is -4.16. The lowest BCUT2D eigenvalue weighted by Gasteiger charge is -2.23. The summed E-state index contributed by atoms with van der Waals surface area (Å²) in [6.45, 7) is 3.03. The first-order valence-electron chi connectivity index (χ1n) is 6.08. The van der Waals surface area contributed by atoms with Gasteiger partial charge < -0.3 is 9.47 Å². The zero-order chi connectivity index (χ0) is 15.5. The molecule has 122 valence electrons. The largest absolute Gasteiger partial charge is 0.400 e. The lowest BCUT2D eigenvalue weighted by molar-refractivity contribution is -0.152. The van der Waals surface area contributed by atoms with Crippen LogP contribution in [0.2, 0.25) is 0 Å². The summed E-state index contributed by atoms with van der Waals surface area (Å²) in [5.41, 5.74) is 0. The maximum atomic E-state index is 11.5. The van der Waals surface area contributed by atoms with Crippen LogP contribution in [0.5, 0.6) is 0 Å². The standard InChI is InChI=1S/C9H14O10S2/c1-9(2)14-3-5(16-9)7-8(19-21(12,13)18-7)6-4-15-20(10,11)17-6/h5-8H,3-4H2,1-2H3/t5-,6-,7-,8-/m1/s1. The smallest absolute Gasteiger partial charge is 0.348 e. The molecular weight excluding hydrogens is 332 g/mol. The molecule has 0 amide bonds. The third kappa shape index (κ3) is 3.22. The second-order valence-corrected chi connectivity index (χ2v) is 7.67. The Morgan fingerprint density at radius 2 is 1.48 bits per heavy atom. The van der Waals surface area contributed by atoms with Crippen LogP contribution in [-0.2, 0) is 47.0 Å². The molecule has 3 aliphatic heterocycles. The summed E-state index contributed by atoms with van der Waals surface area (Å²) in [7, 11) is -8.40. The highest BCUT2D eigenvalue weighted by atomic mass is 32.3. The summed E-state index contributed by atoms with van der Waals surface area (Å²) < 4.78 is 74.8. The van der Waals surface area contributed by atoms with Crippen molar-refractivity contribution < 1.29 is 43.0 Å². The molecular formula is C9H14O10S2. The molecule has 10 nitrogen and oxygen atoms in total. The van der Waals surface area contributed by atoms with E-state index in [2.05, 4.69) is 8.37 Å². The Hall–Kier alpha value is -0.340. The minimum Gasteiger partial charge on any atom is -0.348 e. The number of hydrogen-bond acceptors (Lipinski definition) is 10. The highest BCUT2D eigenvalue weighted by Crippen LogP contribution is 2.35. The second-order valence-electron chi connectivity index (χ2n) is 5.22. The molecule has 3 aliphatic rings. The van der Waals surface area contributed by atoms with E-state index in [1.807, 2.05) is 0 Å². The first-order chi connectivity index (χ1) is 9.57. The number of ether oxygens (including phenoxy) is 2. The van der Waals surface area contributed by atoms with Crippen molar-refractivity contribution in [3.8, 4) is 0 Å². The summed E-state index contributed by atoms with van der Waals surface area (Å²) >= 11 is 0. The lowest BCUT2D eigenvalue weighted by Crippen LogP contribution is -2.44. The van der Waals surface area contributed by atoms with Crippen molar-refractivity contribution in [3.05, 3.63) is 0 Å².